The number of thiazole rings is 1. The molecular weight excluding hydrogens is 627 g/mol. The zero-order valence-corrected chi connectivity index (χ0v) is 27.0. The number of amides is 2. The Balaban J connectivity index is 1.38. The van der Waals surface area contributed by atoms with Crippen molar-refractivity contribution in [1.82, 2.24) is 15.3 Å². The van der Waals surface area contributed by atoms with Crippen LogP contribution >= 0.6 is 46.3 Å². The number of aromatic nitrogens is 2. The summed E-state index contributed by atoms with van der Waals surface area (Å²) < 4.78 is 13.3. The smallest absolute Gasteiger partial charge is 0.260 e. The van der Waals surface area contributed by atoms with Gasteiger partial charge in [0, 0.05) is 35.6 Å². The lowest BCUT2D eigenvalue weighted by atomic mass is 10.1. The van der Waals surface area contributed by atoms with E-state index in [4.69, 9.17) is 32.7 Å². The Hall–Kier alpha value is -3.57. The summed E-state index contributed by atoms with van der Waals surface area (Å²) >= 11 is 16.0. The van der Waals surface area contributed by atoms with Crippen molar-refractivity contribution < 1.29 is 19.1 Å². The molecule has 5 rings (SSSR count). The number of nitrogens with one attached hydrogen (secondary N) is 1. The van der Waals surface area contributed by atoms with Crippen LogP contribution in [0.3, 0.4) is 0 Å². The number of thioether (sulfide) groups is 1. The Morgan fingerprint density at radius 2 is 1.88 bits per heavy atom. The summed E-state index contributed by atoms with van der Waals surface area (Å²) in [7, 11) is 1.60. The Morgan fingerprint density at radius 3 is 2.65 bits per heavy atom. The molecule has 0 aliphatic carbocycles. The standard InChI is InChI=1S/C31H28Cl2N4O4S2/c1-5-40-20-11-13-23-26(15-20)42-31(36-23)43-29(35-18(3)38)30(39)37(4)24-14-12-22(32)21(27(24)33)16-41-25-8-6-7-19-10-9-17(2)34-28(19)25/h6-15,29H,5,16H2,1-4H3,(H,35,38). The molecule has 0 fully saturated rings. The average Bonchev–Trinajstić information content (AvgIpc) is 3.37. The number of benzene rings is 3. The van der Waals surface area contributed by atoms with E-state index in [9.17, 15) is 9.59 Å². The molecule has 1 N–H and O–H groups in total. The number of carbonyl (C=O) groups excluding carboxylic acids is 2. The number of aryl methyl sites for hydroxylation is 1. The predicted molar refractivity (Wildman–Crippen MR) is 175 cm³/mol. The van der Waals surface area contributed by atoms with Gasteiger partial charge < -0.3 is 19.7 Å². The van der Waals surface area contributed by atoms with Crippen molar-refractivity contribution in [3.8, 4) is 11.5 Å². The number of ether oxygens (including phenoxy) is 2. The minimum atomic E-state index is -0.953. The summed E-state index contributed by atoms with van der Waals surface area (Å²) in [6.07, 6.45) is 0. The summed E-state index contributed by atoms with van der Waals surface area (Å²) in [6, 6.07) is 18.6. The second-order valence-electron chi connectivity index (χ2n) is 9.57. The summed E-state index contributed by atoms with van der Waals surface area (Å²) in [4.78, 5) is 36.5. The largest absolute Gasteiger partial charge is 0.494 e. The van der Waals surface area contributed by atoms with E-state index in [0.29, 0.717) is 33.0 Å². The van der Waals surface area contributed by atoms with Gasteiger partial charge in [-0.2, -0.15) is 0 Å². The first-order chi connectivity index (χ1) is 20.6. The van der Waals surface area contributed by atoms with E-state index in [0.717, 1.165) is 44.3 Å². The number of hydrogen-bond donors (Lipinski definition) is 1. The number of nitrogens with zero attached hydrogens (tertiary/aromatic N) is 3. The fraction of sp³-hybridized carbons (Fsp3) is 0.226. The van der Waals surface area contributed by atoms with Crippen LogP contribution in [-0.2, 0) is 16.2 Å². The number of carbonyl (C=O) groups is 2. The summed E-state index contributed by atoms with van der Waals surface area (Å²) in [5.74, 6) is 0.594. The zero-order chi connectivity index (χ0) is 30.7. The molecule has 0 aliphatic heterocycles. The molecule has 12 heteroatoms. The second-order valence-corrected chi connectivity index (χ2v) is 12.7. The Morgan fingerprint density at radius 1 is 1.07 bits per heavy atom. The van der Waals surface area contributed by atoms with Gasteiger partial charge in [0.15, 0.2) is 9.71 Å². The van der Waals surface area contributed by atoms with E-state index in [2.05, 4.69) is 15.3 Å². The van der Waals surface area contributed by atoms with Gasteiger partial charge in [-0.25, -0.2) is 9.97 Å². The van der Waals surface area contributed by atoms with E-state index in [1.807, 2.05) is 62.4 Å². The normalized spacial score (nSPS) is 11.9. The van der Waals surface area contributed by atoms with E-state index >= 15 is 0 Å². The molecule has 2 heterocycles. The maximum atomic E-state index is 13.8. The number of anilines is 1. The molecule has 2 amide bonds. The molecule has 5 aromatic rings. The van der Waals surface area contributed by atoms with Crippen molar-refractivity contribution in [3.05, 3.63) is 82.0 Å². The minimum Gasteiger partial charge on any atom is -0.494 e. The van der Waals surface area contributed by atoms with Crippen molar-refractivity contribution in [2.45, 2.75) is 37.1 Å². The lowest BCUT2D eigenvalue weighted by molar-refractivity contribution is -0.124. The van der Waals surface area contributed by atoms with Gasteiger partial charge >= 0.3 is 0 Å². The third kappa shape index (κ3) is 6.99. The highest BCUT2D eigenvalue weighted by atomic mass is 35.5. The van der Waals surface area contributed by atoms with Crippen LogP contribution in [0.1, 0.15) is 25.1 Å². The number of halogens is 2. The van der Waals surface area contributed by atoms with Crippen LogP contribution in [0.5, 0.6) is 11.5 Å². The number of pyridine rings is 1. The molecule has 0 saturated heterocycles. The first-order valence-electron chi connectivity index (χ1n) is 13.4. The van der Waals surface area contributed by atoms with Gasteiger partial charge in [-0.3, -0.25) is 9.59 Å². The van der Waals surface area contributed by atoms with E-state index < -0.39 is 5.37 Å². The molecule has 3 aromatic carbocycles. The Labute approximate surface area is 267 Å². The number of likely N-dealkylation sites (N-methyl/N-ethyl adjacent to an activating group) is 1. The lowest BCUT2D eigenvalue weighted by Gasteiger charge is -2.25. The Bertz CT molecular complexity index is 1830. The summed E-state index contributed by atoms with van der Waals surface area (Å²) in [5.41, 5.74) is 3.32. The van der Waals surface area contributed by atoms with Crippen LogP contribution in [0.2, 0.25) is 10.0 Å². The van der Waals surface area contributed by atoms with Crippen molar-refractivity contribution >= 4 is 84.9 Å². The molecule has 0 bridgehead atoms. The third-order valence-corrected chi connectivity index (χ3v) is 9.46. The number of rotatable bonds is 10. The predicted octanol–water partition coefficient (Wildman–Crippen LogP) is 7.65. The molecule has 0 radical (unpaired) electrons. The van der Waals surface area contributed by atoms with Crippen LogP contribution in [0, 0.1) is 6.92 Å². The van der Waals surface area contributed by atoms with Gasteiger partial charge in [0.2, 0.25) is 5.91 Å². The quantitative estimate of drug-likeness (QED) is 0.122. The zero-order valence-electron chi connectivity index (χ0n) is 23.8. The van der Waals surface area contributed by atoms with Gasteiger partial charge in [0.1, 0.15) is 23.6 Å². The SMILES string of the molecule is CCOc1ccc2nc(SC(NC(C)=O)C(=O)N(C)c3ccc(Cl)c(COc4cccc5ccc(C)nc45)c3Cl)sc2c1. The first kappa shape index (κ1) is 30.9. The van der Waals surface area contributed by atoms with Crippen LogP contribution in [0.15, 0.2) is 65.0 Å². The van der Waals surface area contributed by atoms with Gasteiger partial charge in [-0.15, -0.1) is 11.3 Å². The molecule has 0 aliphatic rings. The first-order valence-corrected chi connectivity index (χ1v) is 15.8. The fourth-order valence-corrected chi connectivity index (χ4v) is 7.29. The van der Waals surface area contributed by atoms with E-state index in [1.54, 1.807) is 19.2 Å². The van der Waals surface area contributed by atoms with Gasteiger partial charge in [0.05, 0.1) is 27.5 Å². The van der Waals surface area contributed by atoms with E-state index in [1.165, 1.54) is 23.2 Å². The summed E-state index contributed by atoms with van der Waals surface area (Å²) in [5, 5.41) is 3.40. The summed E-state index contributed by atoms with van der Waals surface area (Å²) in [6.45, 7) is 5.81. The highest BCUT2D eigenvalue weighted by Crippen LogP contribution is 2.38. The number of para-hydroxylation sites is 1. The number of fused-ring (bicyclic) bond motifs is 2. The number of hydrogen-bond acceptors (Lipinski definition) is 8. The molecule has 1 atom stereocenters. The van der Waals surface area contributed by atoms with Crippen molar-refractivity contribution in [3.63, 3.8) is 0 Å². The molecule has 222 valence electrons. The Kier molecular flexibility index (Phi) is 9.61. The monoisotopic (exact) mass is 654 g/mol. The van der Waals surface area contributed by atoms with Crippen LogP contribution in [0.4, 0.5) is 5.69 Å². The van der Waals surface area contributed by atoms with E-state index in [-0.39, 0.29) is 23.4 Å². The van der Waals surface area contributed by atoms with Crippen molar-refractivity contribution in [2.75, 3.05) is 18.6 Å². The van der Waals surface area contributed by atoms with Crippen molar-refractivity contribution in [2.24, 2.45) is 0 Å². The minimum absolute atomic E-state index is 0.0571. The molecule has 8 nitrogen and oxygen atoms in total. The topological polar surface area (TPSA) is 93.6 Å². The maximum Gasteiger partial charge on any atom is 0.260 e. The molecular formula is C31H28Cl2N4O4S2. The van der Waals surface area contributed by atoms with Crippen LogP contribution < -0.4 is 19.7 Å². The average molecular weight is 656 g/mol. The molecule has 1 unspecified atom stereocenters. The molecule has 43 heavy (non-hydrogen) atoms. The van der Waals surface area contributed by atoms with Gasteiger partial charge in [-0.05, 0) is 56.3 Å². The molecule has 2 aromatic heterocycles. The highest BCUT2D eigenvalue weighted by Gasteiger charge is 2.28. The highest BCUT2D eigenvalue weighted by molar-refractivity contribution is 8.02. The molecule has 0 saturated carbocycles. The van der Waals surface area contributed by atoms with Crippen LogP contribution in [-0.4, -0.2) is 40.8 Å². The fourth-order valence-electron chi connectivity index (χ4n) is 4.37. The second kappa shape index (κ2) is 13.4. The van der Waals surface area contributed by atoms with Crippen LogP contribution in [0.25, 0.3) is 21.1 Å². The maximum absolute atomic E-state index is 13.8. The van der Waals surface area contributed by atoms with Crippen molar-refractivity contribution in [1.29, 1.82) is 0 Å². The van der Waals surface area contributed by atoms with Gasteiger partial charge in [0.25, 0.3) is 5.91 Å². The van der Waals surface area contributed by atoms with Gasteiger partial charge in [-0.1, -0.05) is 53.2 Å². The third-order valence-electron chi connectivity index (χ3n) is 6.48. The molecule has 0 spiro atoms. The lowest BCUT2D eigenvalue weighted by Crippen LogP contribution is -2.45.